The van der Waals surface area contributed by atoms with Gasteiger partial charge in [0.25, 0.3) is 0 Å². The van der Waals surface area contributed by atoms with Crippen LogP contribution in [0.2, 0.25) is 10.0 Å². The van der Waals surface area contributed by atoms with Gasteiger partial charge in [-0.05, 0) is 36.4 Å². The van der Waals surface area contributed by atoms with Crippen molar-refractivity contribution in [3.8, 4) is 11.5 Å². The van der Waals surface area contributed by atoms with Crippen LogP contribution in [-0.2, 0) is 6.54 Å². The van der Waals surface area contributed by atoms with Crippen LogP contribution < -0.4 is 10.1 Å². The minimum Gasteiger partial charge on any atom is -0.453 e. The molecular weight excluding hydrogens is 300 g/mol. The van der Waals surface area contributed by atoms with Crippen molar-refractivity contribution in [3.63, 3.8) is 0 Å². The Bertz CT molecular complexity index is 604. The summed E-state index contributed by atoms with van der Waals surface area (Å²) >= 11 is 11.9. The Kier molecular flexibility index (Phi) is 5.24. The first-order valence-corrected chi connectivity index (χ1v) is 6.98. The second-order valence-corrected chi connectivity index (χ2v) is 4.98. The van der Waals surface area contributed by atoms with E-state index in [1.807, 2.05) is 6.92 Å². The molecule has 0 radical (unpaired) electrons. The van der Waals surface area contributed by atoms with E-state index >= 15 is 0 Å². The topological polar surface area (TPSA) is 21.3 Å². The van der Waals surface area contributed by atoms with E-state index in [0.29, 0.717) is 17.3 Å². The predicted octanol–water partition coefficient (Wildman–Crippen LogP) is 5.03. The maximum Gasteiger partial charge on any atom is 0.166 e. The number of hydrogen-bond donors (Lipinski definition) is 1. The Morgan fingerprint density at radius 2 is 1.95 bits per heavy atom. The molecular formula is C15H14Cl2FNO. The van der Waals surface area contributed by atoms with Gasteiger partial charge in [0.2, 0.25) is 0 Å². The van der Waals surface area contributed by atoms with Gasteiger partial charge >= 0.3 is 0 Å². The summed E-state index contributed by atoms with van der Waals surface area (Å²) < 4.78 is 19.4. The molecule has 0 heterocycles. The van der Waals surface area contributed by atoms with Gasteiger partial charge in [-0.15, -0.1) is 0 Å². The summed E-state index contributed by atoms with van der Waals surface area (Å²) in [5.41, 5.74) is 0.855. The van der Waals surface area contributed by atoms with Crippen LogP contribution in [0.4, 0.5) is 4.39 Å². The number of benzene rings is 2. The minimum atomic E-state index is -0.434. The molecule has 2 rings (SSSR count). The highest BCUT2D eigenvalue weighted by Gasteiger charge is 2.10. The van der Waals surface area contributed by atoms with Crippen LogP contribution in [0.5, 0.6) is 11.5 Å². The zero-order valence-electron chi connectivity index (χ0n) is 10.9. The van der Waals surface area contributed by atoms with Crippen LogP contribution in [0, 0.1) is 5.82 Å². The van der Waals surface area contributed by atoms with E-state index in [1.54, 1.807) is 30.3 Å². The van der Waals surface area contributed by atoms with Crippen molar-refractivity contribution in [1.29, 1.82) is 0 Å². The molecule has 1 N–H and O–H groups in total. The van der Waals surface area contributed by atoms with Gasteiger partial charge in [-0.25, -0.2) is 4.39 Å². The van der Waals surface area contributed by atoms with Gasteiger partial charge < -0.3 is 10.1 Å². The highest BCUT2D eigenvalue weighted by Crippen LogP contribution is 2.35. The molecule has 2 aromatic carbocycles. The first kappa shape index (κ1) is 15.1. The quantitative estimate of drug-likeness (QED) is 0.835. The van der Waals surface area contributed by atoms with Crippen molar-refractivity contribution in [1.82, 2.24) is 5.32 Å². The second kappa shape index (κ2) is 6.93. The summed E-state index contributed by atoms with van der Waals surface area (Å²) in [7, 11) is 0. The lowest BCUT2D eigenvalue weighted by Crippen LogP contribution is -2.11. The molecule has 0 amide bonds. The number of ether oxygens (including phenoxy) is 1. The minimum absolute atomic E-state index is 0.120. The maximum absolute atomic E-state index is 14.0. The van der Waals surface area contributed by atoms with Gasteiger partial charge in [0.15, 0.2) is 11.6 Å². The summed E-state index contributed by atoms with van der Waals surface area (Å²) in [6, 6.07) is 9.81. The van der Waals surface area contributed by atoms with Crippen LogP contribution in [0.3, 0.4) is 0 Å². The molecule has 20 heavy (non-hydrogen) atoms. The first-order valence-electron chi connectivity index (χ1n) is 6.23. The smallest absolute Gasteiger partial charge is 0.166 e. The van der Waals surface area contributed by atoms with Crippen molar-refractivity contribution in [2.45, 2.75) is 13.5 Å². The Morgan fingerprint density at radius 3 is 2.65 bits per heavy atom. The third kappa shape index (κ3) is 3.63. The van der Waals surface area contributed by atoms with Gasteiger partial charge in [0, 0.05) is 6.54 Å². The lowest BCUT2D eigenvalue weighted by Gasteiger charge is -2.10. The van der Waals surface area contributed by atoms with E-state index in [0.717, 1.165) is 12.1 Å². The molecule has 0 fully saturated rings. The van der Waals surface area contributed by atoms with Crippen molar-refractivity contribution in [3.05, 3.63) is 57.8 Å². The number of rotatable bonds is 5. The average Bonchev–Trinajstić information content (AvgIpc) is 2.44. The number of nitrogens with one attached hydrogen (secondary N) is 1. The normalized spacial score (nSPS) is 10.6. The Labute approximate surface area is 127 Å². The highest BCUT2D eigenvalue weighted by atomic mass is 35.5. The van der Waals surface area contributed by atoms with E-state index in [2.05, 4.69) is 5.32 Å². The summed E-state index contributed by atoms with van der Waals surface area (Å²) in [6.07, 6.45) is 0. The van der Waals surface area contributed by atoms with Crippen LogP contribution in [0.1, 0.15) is 12.5 Å². The molecule has 0 unspecified atom stereocenters. The van der Waals surface area contributed by atoms with Crippen molar-refractivity contribution in [2.24, 2.45) is 0 Å². The highest BCUT2D eigenvalue weighted by molar-refractivity contribution is 6.42. The first-order chi connectivity index (χ1) is 9.61. The van der Waals surface area contributed by atoms with Gasteiger partial charge in [-0.2, -0.15) is 0 Å². The molecule has 2 nitrogen and oxygen atoms in total. The molecule has 106 valence electrons. The predicted molar refractivity (Wildman–Crippen MR) is 80.3 cm³/mol. The van der Waals surface area contributed by atoms with Crippen LogP contribution in [0.15, 0.2) is 36.4 Å². The molecule has 0 spiro atoms. The van der Waals surface area contributed by atoms with Crippen LogP contribution in [-0.4, -0.2) is 6.54 Å². The van der Waals surface area contributed by atoms with Crippen molar-refractivity contribution in [2.75, 3.05) is 6.54 Å². The largest absolute Gasteiger partial charge is 0.453 e. The van der Waals surface area contributed by atoms with E-state index in [4.69, 9.17) is 27.9 Å². The number of hydrogen-bond acceptors (Lipinski definition) is 2. The SMILES string of the molecule is CCNCc1ccc(Oc2cccc(Cl)c2Cl)c(F)c1. The molecule has 0 saturated carbocycles. The fourth-order valence-electron chi connectivity index (χ4n) is 1.69. The van der Waals surface area contributed by atoms with Gasteiger partial charge in [-0.3, -0.25) is 0 Å². The fourth-order valence-corrected chi connectivity index (χ4v) is 2.02. The van der Waals surface area contributed by atoms with Crippen molar-refractivity contribution < 1.29 is 9.13 Å². The summed E-state index contributed by atoms with van der Waals surface area (Å²) in [6.45, 7) is 3.44. The molecule has 0 atom stereocenters. The third-order valence-corrected chi connectivity index (χ3v) is 3.51. The Morgan fingerprint density at radius 1 is 1.15 bits per heavy atom. The molecule has 0 aliphatic rings. The second-order valence-electron chi connectivity index (χ2n) is 4.20. The van der Waals surface area contributed by atoms with Crippen LogP contribution >= 0.6 is 23.2 Å². The van der Waals surface area contributed by atoms with Gasteiger partial charge in [0.05, 0.1) is 5.02 Å². The molecule has 5 heteroatoms. The fraction of sp³-hybridized carbons (Fsp3) is 0.200. The summed E-state index contributed by atoms with van der Waals surface area (Å²) in [5, 5.41) is 3.77. The van der Waals surface area contributed by atoms with Crippen LogP contribution in [0.25, 0.3) is 0 Å². The molecule has 0 aliphatic heterocycles. The molecule has 0 aromatic heterocycles. The van der Waals surface area contributed by atoms with E-state index < -0.39 is 5.82 Å². The zero-order chi connectivity index (χ0) is 14.5. The van der Waals surface area contributed by atoms with Gasteiger partial charge in [0.1, 0.15) is 10.8 Å². The average molecular weight is 314 g/mol. The molecule has 2 aromatic rings. The number of halogens is 3. The van der Waals surface area contributed by atoms with E-state index in [-0.39, 0.29) is 10.8 Å². The van der Waals surface area contributed by atoms with Gasteiger partial charge in [-0.1, -0.05) is 42.3 Å². The lowest BCUT2D eigenvalue weighted by atomic mass is 10.2. The van der Waals surface area contributed by atoms with E-state index in [9.17, 15) is 4.39 Å². The Balaban J connectivity index is 2.19. The summed E-state index contributed by atoms with van der Waals surface area (Å²) in [4.78, 5) is 0. The van der Waals surface area contributed by atoms with Crippen molar-refractivity contribution >= 4 is 23.2 Å². The maximum atomic E-state index is 14.0. The lowest BCUT2D eigenvalue weighted by molar-refractivity contribution is 0.441. The standard InChI is InChI=1S/C15H14Cl2FNO/c1-2-19-9-10-6-7-13(12(18)8-10)20-14-5-3-4-11(16)15(14)17/h3-8,19H,2,9H2,1H3. The summed E-state index contributed by atoms with van der Waals surface area (Å²) in [5.74, 6) is 0.0170. The Hall–Kier alpha value is -1.29. The zero-order valence-corrected chi connectivity index (χ0v) is 12.4. The third-order valence-electron chi connectivity index (χ3n) is 2.71. The molecule has 0 saturated heterocycles. The van der Waals surface area contributed by atoms with E-state index in [1.165, 1.54) is 6.07 Å². The molecule has 0 bridgehead atoms. The monoisotopic (exact) mass is 313 g/mol. The molecule has 0 aliphatic carbocycles.